The second-order valence-electron chi connectivity index (χ2n) is 11.3. The summed E-state index contributed by atoms with van der Waals surface area (Å²) in [6, 6.07) is 18.0. The Morgan fingerprint density at radius 2 is 1.57 bits per heavy atom. The van der Waals surface area contributed by atoms with Gasteiger partial charge in [-0.25, -0.2) is 17.5 Å². The Morgan fingerprint density at radius 1 is 0.976 bits per heavy atom. The third-order valence-electron chi connectivity index (χ3n) is 6.77. The first-order valence-electron chi connectivity index (χ1n) is 13.4. The molecule has 3 aromatic carbocycles. The largest absolute Gasteiger partial charge is 0.497 e. The van der Waals surface area contributed by atoms with Gasteiger partial charge in [-0.1, -0.05) is 32.0 Å². The van der Waals surface area contributed by atoms with Gasteiger partial charge in [-0.3, -0.25) is 14.7 Å². The van der Waals surface area contributed by atoms with Gasteiger partial charge in [0, 0.05) is 28.8 Å². The standard InChI is InChI=1S/C31H35N3O7S/c1-20(2)28(30(35)41-31(4,5)6)33(42(38,39)25-18-14-23(15-19-25)34(36)37)29-21(3)26-10-8-9-11-27(26)32(29)22-12-16-24(40-7)17-13-22/h8-20,28H,1-7H3/t28-/m0/s1. The maximum Gasteiger partial charge on any atom is 0.330 e. The predicted octanol–water partition coefficient (Wildman–Crippen LogP) is 6.42. The number of anilines is 1. The molecular formula is C31H35N3O7S. The van der Waals surface area contributed by atoms with Crippen molar-refractivity contribution in [3.05, 3.63) is 88.5 Å². The molecular weight excluding hydrogens is 558 g/mol. The summed E-state index contributed by atoms with van der Waals surface area (Å²) in [5.41, 5.74) is 0.860. The molecule has 1 atom stereocenters. The van der Waals surface area contributed by atoms with Crippen molar-refractivity contribution in [1.29, 1.82) is 0 Å². The number of ether oxygens (including phenoxy) is 2. The SMILES string of the molecule is COc1ccc(-n2c(N([C@H](C(=O)OC(C)(C)C)C(C)C)S(=O)(=O)c3ccc([N+](=O)[O-])cc3)c(C)c3ccccc32)cc1. The summed E-state index contributed by atoms with van der Waals surface area (Å²) in [7, 11) is -2.93. The Morgan fingerprint density at radius 3 is 2.10 bits per heavy atom. The zero-order valence-corrected chi connectivity index (χ0v) is 25.5. The van der Waals surface area contributed by atoms with Crippen molar-refractivity contribution >= 4 is 38.4 Å². The van der Waals surface area contributed by atoms with E-state index in [9.17, 15) is 23.3 Å². The zero-order chi connectivity index (χ0) is 31.0. The minimum Gasteiger partial charge on any atom is -0.497 e. The molecule has 0 aliphatic carbocycles. The van der Waals surface area contributed by atoms with Crippen molar-refractivity contribution in [2.24, 2.45) is 5.92 Å². The number of para-hydroxylation sites is 1. The lowest BCUT2D eigenvalue weighted by Crippen LogP contribution is -2.51. The van der Waals surface area contributed by atoms with Gasteiger partial charge in [-0.05, 0) is 76.1 Å². The first-order chi connectivity index (χ1) is 19.7. The molecule has 0 radical (unpaired) electrons. The van der Waals surface area contributed by atoms with Crippen molar-refractivity contribution in [1.82, 2.24) is 4.57 Å². The Bertz CT molecular complexity index is 1720. The maximum atomic E-state index is 14.7. The highest BCUT2D eigenvalue weighted by molar-refractivity contribution is 7.93. The number of hydrogen-bond donors (Lipinski definition) is 0. The lowest BCUT2D eigenvalue weighted by atomic mass is 10.0. The average molecular weight is 594 g/mol. The number of aromatic nitrogens is 1. The van der Waals surface area contributed by atoms with E-state index in [0.717, 1.165) is 27.3 Å². The Labute approximate surface area is 245 Å². The molecule has 42 heavy (non-hydrogen) atoms. The van der Waals surface area contributed by atoms with Crippen LogP contribution in [0.15, 0.2) is 77.7 Å². The van der Waals surface area contributed by atoms with E-state index in [4.69, 9.17) is 9.47 Å². The van der Waals surface area contributed by atoms with Gasteiger partial charge in [0.25, 0.3) is 15.7 Å². The normalized spacial score (nSPS) is 12.8. The van der Waals surface area contributed by atoms with E-state index < -0.39 is 38.5 Å². The van der Waals surface area contributed by atoms with E-state index in [0.29, 0.717) is 17.0 Å². The minimum absolute atomic E-state index is 0.201. The Hall–Kier alpha value is -4.38. The smallest absolute Gasteiger partial charge is 0.330 e. The van der Waals surface area contributed by atoms with Crippen molar-refractivity contribution in [3.8, 4) is 11.4 Å². The van der Waals surface area contributed by atoms with Crippen molar-refractivity contribution in [2.45, 2.75) is 58.1 Å². The highest BCUT2D eigenvalue weighted by Crippen LogP contribution is 2.41. The molecule has 0 bridgehead atoms. The van der Waals surface area contributed by atoms with Crippen LogP contribution in [-0.2, 0) is 19.6 Å². The fourth-order valence-corrected chi connectivity index (χ4v) is 6.68. The van der Waals surface area contributed by atoms with Gasteiger partial charge < -0.3 is 9.47 Å². The van der Waals surface area contributed by atoms with Crippen LogP contribution in [0.3, 0.4) is 0 Å². The summed E-state index contributed by atoms with van der Waals surface area (Å²) in [5, 5.41) is 12.1. The number of fused-ring (bicyclic) bond motifs is 1. The number of carbonyl (C=O) groups is 1. The number of nitro benzene ring substituents is 1. The third kappa shape index (κ3) is 5.82. The van der Waals surface area contributed by atoms with E-state index in [1.807, 2.05) is 43.3 Å². The fourth-order valence-electron chi connectivity index (χ4n) is 4.89. The number of esters is 1. The van der Waals surface area contributed by atoms with Gasteiger partial charge in [0.05, 0.1) is 22.4 Å². The molecule has 0 amide bonds. The van der Waals surface area contributed by atoms with E-state index in [2.05, 4.69) is 0 Å². The molecule has 0 spiro atoms. The predicted molar refractivity (Wildman–Crippen MR) is 162 cm³/mol. The summed E-state index contributed by atoms with van der Waals surface area (Å²) in [5.74, 6) is -0.356. The second-order valence-corrected chi connectivity index (χ2v) is 13.1. The van der Waals surface area contributed by atoms with E-state index in [-0.39, 0.29) is 16.4 Å². The molecule has 11 heteroatoms. The second kappa shape index (κ2) is 11.5. The fraction of sp³-hybridized carbons (Fsp3) is 0.323. The number of nitrogens with zero attached hydrogens (tertiary/aromatic N) is 3. The van der Waals surface area contributed by atoms with Gasteiger partial charge in [-0.15, -0.1) is 0 Å². The van der Waals surface area contributed by atoms with Crippen LogP contribution < -0.4 is 9.04 Å². The van der Waals surface area contributed by atoms with Crippen LogP contribution in [-0.4, -0.2) is 42.6 Å². The topological polar surface area (TPSA) is 121 Å². The summed E-state index contributed by atoms with van der Waals surface area (Å²) >= 11 is 0. The van der Waals surface area contributed by atoms with Crippen LogP contribution in [0.1, 0.15) is 40.2 Å². The highest BCUT2D eigenvalue weighted by Gasteiger charge is 2.43. The molecule has 4 aromatic rings. The number of non-ortho nitro benzene ring substituents is 1. The van der Waals surface area contributed by atoms with Crippen molar-refractivity contribution in [2.75, 3.05) is 11.4 Å². The number of methoxy groups -OCH3 is 1. The lowest BCUT2D eigenvalue weighted by molar-refractivity contribution is -0.384. The minimum atomic E-state index is -4.49. The maximum absolute atomic E-state index is 14.7. The Kier molecular flexibility index (Phi) is 8.36. The van der Waals surface area contributed by atoms with Gasteiger partial charge in [0.1, 0.15) is 23.2 Å². The average Bonchev–Trinajstić information content (AvgIpc) is 3.22. The third-order valence-corrected chi connectivity index (χ3v) is 8.56. The quantitative estimate of drug-likeness (QED) is 0.125. The monoisotopic (exact) mass is 593 g/mol. The van der Waals surface area contributed by atoms with Crippen molar-refractivity contribution < 1.29 is 27.6 Å². The molecule has 1 heterocycles. The molecule has 0 aliphatic heterocycles. The van der Waals surface area contributed by atoms with E-state index in [1.165, 1.54) is 12.1 Å². The number of benzene rings is 3. The summed E-state index contributed by atoms with van der Waals surface area (Å²) in [6.07, 6.45) is 0. The number of hydrogen-bond acceptors (Lipinski definition) is 7. The summed E-state index contributed by atoms with van der Waals surface area (Å²) in [6.45, 7) is 10.5. The van der Waals surface area contributed by atoms with Crippen LogP contribution in [0.4, 0.5) is 11.5 Å². The van der Waals surface area contributed by atoms with Gasteiger partial charge in [0.15, 0.2) is 0 Å². The van der Waals surface area contributed by atoms with Gasteiger partial charge >= 0.3 is 5.97 Å². The molecule has 0 fully saturated rings. The summed E-state index contributed by atoms with van der Waals surface area (Å²) in [4.78, 5) is 24.4. The van der Waals surface area contributed by atoms with Crippen LogP contribution in [0.5, 0.6) is 5.75 Å². The van der Waals surface area contributed by atoms with Crippen LogP contribution in [0.25, 0.3) is 16.6 Å². The molecule has 0 N–H and O–H groups in total. The van der Waals surface area contributed by atoms with E-state index in [1.54, 1.807) is 58.4 Å². The van der Waals surface area contributed by atoms with Crippen molar-refractivity contribution in [3.63, 3.8) is 0 Å². The number of rotatable bonds is 9. The Balaban J connectivity index is 2.10. The molecule has 4 rings (SSSR count). The van der Waals surface area contributed by atoms with Crippen LogP contribution >= 0.6 is 0 Å². The first-order valence-corrected chi connectivity index (χ1v) is 14.9. The van der Waals surface area contributed by atoms with E-state index >= 15 is 0 Å². The molecule has 0 saturated carbocycles. The van der Waals surface area contributed by atoms with Gasteiger partial charge in [0.2, 0.25) is 0 Å². The summed E-state index contributed by atoms with van der Waals surface area (Å²) < 4.78 is 43.3. The molecule has 10 nitrogen and oxygen atoms in total. The van der Waals surface area contributed by atoms with Gasteiger partial charge in [-0.2, -0.15) is 0 Å². The number of carbonyl (C=O) groups excluding carboxylic acids is 1. The molecule has 0 unspecified atom stereocenters. The lowest BCUT2D eigenvalue weighted by Gasteiger charge is -2.36. The highest BCUT2D eigenvalue weighted by atomic mass is 32.2. The molecule has 1 aromatic heterocycles. The number of aryl methyl sites for hydroxylation is 1. The molecule has 0 aliphatic rings. The zero-order valence-electron chi connectivity index (χ0n) is 24.7. The molecule has 222 valence electrons. The molecule has 0 saturated heterocycles. The first kappa shape index (κ1) is 30.6. The van der Waals surface area contributed by atoms with Crippen LogP contribution in [0.2, 0.25) is 0 Å². The number of nitro groups is 1. The number of sulfonamides is 1. The van der Waals surface area contributed by atoms with Crippen LogP contribution in [0, 0.1) is 23.0 Å².